The molecule has 1 fully saturated rings. The Balaban J connectivity index is 1.62. The Morgan fingerprint density at radius 3 is 2.33 bits per heavy atom. The minimum absolute atomic E-state index is 0.106. The van der Waals surface area contributed by atoms with Crippen LogP contribution in [0.4, 0.5) is 5.69 Å². The number of aryl methyl sites for hydroxylation is 1. The molecule has 1 aliphatic rings. The van der Waals surface area contributed by atoms with Gasteiger partial charge >= 0.3 is 0 Å². The fraction of sp³-hybridized carbons (Fsp3) is 0.500. The van der Waals surface area contributed by atoms with Crippen molar-refractivity contribution >= 4 is 17.5 Å². The van der Waals surface area contributed by atoms with E-state index in [1.54, 1.807) is 0 Å². The Morgan fingerprint density at radius 1 is 1.05 bits per heavy atom. The predicted molar refractivity (Wildman–Crippen MR) is 82.5 cm³/mol. The Bertz CT molecular complexity index is 479. The van der Waals surface area contributed by atoms with Gasteiger partial charge in [-0.2, -0.15) is 0 Å². The lowest BCUT2D eigenvalue weighted by Crippen LogP contribution is -2.44. The van der Waals surface area contributed by atoms with E-state index in [-0.39, 0.29) is 18.4 Å². The molecule has 0 aliphatic heterocycles. The third-order valence-corrected chi connectivity index (χ3v) is 3.79. The fourth-order valence-corrected chi connectivity index (χ4v) is 2.57. The number of nitrogens with one attached hydrogen (secondary N) is 3. The van der Waals surface area contributed by atoms with Crippen LogP contribution in [0.15, 0.2) is 24.3 Å². The van der Waals surface area contributed by atoms with Gasteiger partial charge in [0.2, 0.25) is 5.91 Å². The molecule has 0 radical (unpaired) electrons. The van der Waals surface area contributed by atoms with E-state index in [0.29, 0.717) is 12.3 Å². The third kappa shape index (κ3) is 5.45. The van der Waals surface area contributed by atoms with Gasteiger partial charge in [-0.15, -0.1) is 0 Å². The second-order valence-corrected chi connectivity index (χ2v) is 5.67. The number of hydrogen-bond acceptors (Lipinski definition) is 3. The van der Waals surface area contributed by atoms with Crippen LogP contribution in [0, 0.1) is 12.8 Å². The number of rotatable bonds is 5. The Morgan fingerprint density at radius 2 is 1.67 bits per heavy atom. The molecular formula is C16H23N3O2. The average molecular weight is 289 g/mol. The molecule has 5 nitrogen and oxygen atoms in total. The molecule has 3 N–H and O–H groups in total. The zero-order valence-corrected chi connectivity index (χ0v) is 12.4. The second kappa shape index (κ2) is 7.67. The zero-order valence-electron chi connectivity index (χ0n) is 12.4. The van der Waals surface area contributed by atoms with Crippen molar-refractivity contribution < 1.29 is 9.59 Å². The molecule has 0 unspecified atom stereocenters. The summed E-state index contributed by atoms with van der Waals surface area (Å²) in [6, 6.07) is 7.79. The van der Waals surface area contributed by atoms with Crippen molar-refractivity contribution in [1.82, 2.24) is 10.9 Å². The lowest BCUT2D eigenvalue weighted by atomic mass is 10.0. The first-order valence-corrected chi connectivity index (χ1v) is 7.52. The maximum absolute atomic E-state index is 11.7. The van der Waals surface area contributed by atoms with Crippen LogP contribution in [-0.4, -0.2) is 18.4 Å². The highest BCUT2D eigenvalue weighted by Crippen LogP contribution is 2.27. The van der Waals surface area contributed by atoms with Gasteiger partial charge in [-0.25, -0.2) is 0 Å². The molecule has 1 aliphatic carbocycles. The highest BCUT2D eigenvalue weighted by atomic mass is 16.2. The molecular weight excluding hydrogens is 266 g/mol. The van der Waals surface area contributed by atoms with E-state index in [1.165, 1.54) is 18.4 Å². The van der Waals surface area contributed by atoms with Crippen molar-refractivity contribution in [2.24, 2.45) is 5.92 Å². The first-order chi connectivity index (χ1) is 10.1. The third-order valence-electron chi connectivity index (χ3n) is 3.79. The Kier molecular flexibility index (Phi) is 5.60. The van der Waals surface area contributed by atoms with Crippen LogP contribution in [0.2, 0.25) is 0 Å². The number of anilines is 1. The van der Waals surface area contributed by atoms with Gasteiger partial charge in [0.05, 0.1) is 6.54 Å². The summed E-state index contributed by atoms with van der Waals surface area (Å²) in [5.41, 5.74) is 6.97. The number of carbonyl (C=O) groups excluding carboxylic acids is 2. The molecule has 0 atom stereocenters. The monoisotopic (exact) mass is 289 g/mol. The van der Waals surface area contributed by atoms with Gasteiger partial charge in [0.1, 0.15) is 0 Å². The molecule has 1 aromatic carbocycles. The molecule has 21 heavy (non-hydrogen) atoms. The van der Waals surface area contributed by atoms with Crippen molar-refractivity contribution in [2.75, 3.05) is 11.9 Å². The van der Waals surface area contributed by atoms with Crippen molar-refractivity contribution in [1.29, 1.82) is 0 Å². The fourth-order valence-electron chi connectivity index (χ4n) is 2.57. The van der Waals surface area contributed by atoms with E-state index in [9.17, 15) is 9.59 Å². The topological polar surface area (TPSA) is 70.2 Å². The molecule has 0 saturated heterocycles. The summed E-state index contributed by atoms with van der Waals surface area (Å²) in [7, 11) is 0. The minimum Gasteiger partial charge on any atom is -0.376 e. The standard InChI is InChI=1S/C16H23N3O2/c1-12-6-8-14(9-7-12)17-11-16(21)19-18-15(20)10-13-4-2-3-5-13/h6-9,13,17H,2-5,10-11H2,1H3,(H,18,20)(H,19,21). The molecule has 0 spiro atoms. The SMILES string of the molecule is Cc1ccc(NCC(=O)NNC(=O)CC2CCCC2)cc1. The molecule has 2 rings (SSSR count). The van der Waals surface area contributed by atoms with Crippen LogP contribution in [0.5, 0.6) is 0 Å². The van der Waals surface area contributed by atoms with Crippen molar-refractivity contribution in [2.45, 2.75) is 39.0 Å². The van der Waals surface area contributed by atoms with Crippen molar-refractivity contribution in [3.05, 3.63) is 29.8 Å². The second-order valence-electron chi connectivity index (χ2n) is 5.67. The van der Waals surface area contributed by atoms with Crippen LogP contribution >= 0.6 is 0 Å². The van der Waals surface area contributed by atoms with Crippen LogP contribution in [0.1, 0.15) is 37.7 Å². The largest absolute Gasteiger partial charge is 0.376 e. The van der Waals surface area contributed by atoms with Gasteiger partial charge in [-0.1, -0.05) is 30.5 Å². The predicted octanol–water partition coefficient (Wildman–Crippen LogP) is 2.13. The number of carbonyl (C=O) groups is 2. The van der Waals surface area contributed by atoms with E-state index in [2.05, 4.69) is 16.2 Å². The quantitative estimate of drug-likeness (QED) is 0.727. The average Bonchev–Trinajstić information content (AvgIpc) is 2.97. The van der Waals surface area contributed by atoms with Crippen molar-refractivity contribution in [3.8, 4) is 0 Å². The molecule has 2 amide bonds. The highest BCUT2D eigenvalue weighted by molar-refractivity contribution is 5.84. The summed E-state index contributed by atoms with van der Waals surface area (Å²) in [6.07, 6.45) is 5.17. The summed E-state index contributed by atoms with van der Waals surface area (Å²) in [5.74, 6) is 0.119. The number of benzene rings is 1. The van der Waals surface area contributed by atoms with Gasteiger partial charge in [-0.3, -0.25) is 20.4 Å². The summed E-state index contributed by atoms with van der Waals surface area (Å²) in [5, 5.41) is 3.01. The van der Waals surface area contributed by atoms with E-state index in [1.807, 2.05) is 31.2 Å². The molecule has 0 bridgehead atoms. The van der Waals surface area contributed by atoms with E-state index in [0.717, 1.165) is 18.5 Å². The molecule has 1 aromatic rings. The van der Waals surface area contributed by atoms with E-state index in [4.69, 9.17) is 0 Å². The maximum atomic E-state index is 11.7. The van der Waals surface area contributed by atoms with Gasteiger partial charge in [0.15, 0.2) is 0 Å². The van der Waals surface area contributed by atoms with Gasteiger partial charge in [-0.05, 0) is 37.8 Å². The van der Waals surface area contributed by atoms with Crippen LogP contribution in [0.3, 0.4) is 0 Å². The van der Waals surface area contributed by atoms with Gasteiger partial charge < -0.3 is 5.32 Å². The molecule has 1 saturated carbocycles. The summed E-state index contributed by atoms with van der Waals surface area (Å²) < 4.78 is 0. The minimum atomic E-state index is -0.254. The zero-order chi connectivity index (χ0) is 15.1. The van der Waals surface area contributed by atoms with Crippen LogP contribution in [-0.2, 0) is 9.59 Å². The smallest absolute Gasteiger partial charge is 0.257 e. The summed E-state index contributed by atoms with van der Waals surface area (Å²) in [6.45, 7) is 2.14. The molecule has 0 heterocycles. The van der Waals surface area contributed by atoms with E-state index >= 15 is 0 Å². The van der Waals surface area contributed by atoms with E-state index < -0.39 is 0 Å². The Hall–Kier alpha value is -2.04. The van der Waals surface area contributed by atoms with Crippen LogP contribution < -0.4 is 16.2 Å². The summed E-state index contributed by atoms with van der Waals surface area (Å²) in [4.78, 5) is 23.3. The Labute approximate surface area is 125 Å². The van der Waals surface area contributed by atoms with Crippen LogP contribution in [0.25, 0.3) is 0 Å². The van der Waals surface area contributed by atoms with Crippen molar-refractivity contribution in [3.63, 3.8) is 0 Å². The molecule has 5 heteroatoms. The number of hydrazine groups is 1. The molecule has 0 aromatic heterocycles. The highest BCUT2D eigenvalue weighted by Gasteiger charge is 2.18. The first-order valence-electron chi connectivity index (χ1n) is 7.52. The summed E-state index contributed by atoms with van der Waals surface area (Å²) >= 11 is 0. The molecule has 114 valence electrons. The number of amides is 2. The normalized spacial score (nSPS) is 14.7. The lowest BCUT2D eigenvalue weighted by Gasteiger charge is -2.11. The number of hydrogen-bond donors (Lipinski definition) is 3. The first kappa shape index (κ1) is 15.4. The van der Waals surface area contributed by atoms with Gasteiger partial charge in [0, 0.05) is 12.1 Å². The maximum Gasteiger partial charge on any atom is 0.257 e. The lowest BCUT2D eigenvalue weighted by molar-refractivity contribution is -0.128. The van der Waals surface area contributed by atoms with Gasteiger partial charge in [0.25, 0.3) is 5.91 Å².